The van der Waals surface area contributed by atoms with Crippen LogP contribution in [0.3, 0.4) is 0 Å². The van der Waals surface area contributed by atoms with Crippen molar-refractivity contribution in [2.24, 2.45) is 0 Å². The van der Waals surface area contributed by atoms with Gasteiger partial charge in [0.1, 0.15) is 12.2 Å². The predicted molar refractivity (Wildman–Crippen MR) is 60.2 cm³/mol. The first-order valence-corrected chi connectivity index (χ1v) is 5.83. The number of aliphatic hydroxyl groups is 1. The molecular formula is C12H18O6. The van der Waals surface area contributed by atoms with Crippen molar-refractivity contribution >= 4 is 5.97 Å². The lowest BCUT2D eigenvalue weighted by molar-refractivity contribution is -0.159. The van der Waals surface area contributed by atoms with Crippen molar-refractivity contribution in [3.63, 3.8) is 0 Å². The fraction of sp³-hybridized carbons (Fsp3) is 0.750. The van der Waals surface area contributed by atoms with Crippen LogP contribution in [0.1, 0.15) is 27.7 Å². The lowest BCUT2D eigenvalue weighted by atomic mass is 10.2. The number of esters is 1. The molecule has 0 aromatic carbocycles. The molecule has 2 heterocycles. The zero-order chi connectivity index (χ0) is 13.6. The van der Waals surface area contributed by atoms with Crippen LogP contribution >= 0.6 is 0 Å². The van der Waals surface area contributed by atoms with E-state index in [1.165, 1.54) is 6.08 Å². The highest BCUT2D eigenvalue weighted by Gasteiger charge is 2.40. The normalized spacial score (nSPS) is 33.3. The molecule has 0 spiro atoms. The Bertz CT molecular complexity index is 384. The molecule has 2 aliphatic rings. The topological polar surface area (TPSA) is 74.2 Å². The Morgan fingerprint density at radius 2 is 1.94 bits per heavy atom. The van der Waals surface area contributed by atoms with E-state index in [0.29, 0.717) is 0 Å². The molecule has 0 amide bonds. The number of rotatable bonds is 2. The van der Waals surface area contributed by atoms with E-state index >= 15 is 0 Å². The van der Waals surface area contributed by atoms with Gasteiger partial charge in [0.05, 0.1) is 6.61 Å². The number of hydrogen-bond donors (Lipinski definition) is 1. The molecule has 0 radical (unpaired) electrons. The first kappa shape index (κ1) is 13.3. The molecule has 0 saturated carbocycles. The summed E-state index contributed by atoms with van der Waals surface area (Å²) in [5.41, 5.74) is 0. The molecule has 2 fully saturated rings. The molecule has 1 N–H and O–H groups in total. The lowest BCUT2D eigenvalue weighted by Gasteiger charge is -2.19. The van der Waals surface area contributed by atoms with Gasteiger partial charge in [-0.15, -0.1) is 0 Å². The molecule has 2 unspecified atom stereocenters. The smallest absolute Gasteiger partial charge is 0.376 e. The first-order chi connectivity index (χ1) is 8.19. The number of aliphatic hydroxyl groups excluding tert-OH is 1. The van der Waals surface area contributed by atoms with E-state index < -0.39 is 29.8 Å². The van der Waals surface area contributed by atoms with E-state index in [1.54, 1.807) is 27.7 Å². The Morgan fingerprint density at radius 3 is 2.39 bits per heavy atom. The van der Waals surface area contributed by atoms with Gasteiger partial charge < -0.3 is 24.1 Å². The highest BCUT2D eigenvalue weighted by Crippen LogP contribution is 2.29. The van der Waals surface area contributed by atoms with Crippen molar-refractivity contribution in [1.29, 1.82) is 0 Å². The molecule has 2 rings (SSSR count). The predicted octanol–water partition coefficient (Wildman–Crippen LogP) is 0.692. The van der Waals surface area contributed by atoms with E-state index in [9.17, 15) is 9.90 Å². The number of carbonyl (C=O) groups excluding carboxylic acids is 1. The minimum Gasteiger partial charge on any atom is -0.445 e. The highest BCUT2D eigenvalue weighted by atomic mass is 16.8. The standard InChI is InChI=1S/C12H18O6/c1-11(2)15-6-9(17-11)7(13)5-8-10(14)18-12(3,4)16-8/h5,7,9,13H,6H2,1-4H3/b8-5-. The molecule has 18 heavy (non-hydrogen) atoms. The largest absolute Gasteiger partial charge is 0.445 e. The van der Waals surface area contributed by atoms with Gasteiger partial charge in [0, 0.05) is 13.8 Å². The zero-order valence-corrected chi connectivity index (χ0v) is 10.9. The molecule has 102 valence electrons. The van der Waals surface area contributed by atoms with Gasteiger partial charge in [-0.25, -0.2) is 4.79 Å². The molecule has 2 saturated heterocycles. The van der Waals surface area contributed by atoms with Crippen LogP contribution in [0.5, 0.6) is 0 Å². The second-order valence-electron chi connectivity index (χ2n) is 5.28. The minimum absolute atomic E-state index is 0.000746. The van der Waals surface area contributed by atoms with Crippen LogP contribution in [0.4, 0.5) is 0 Å². The Labute approximate surface area is 105 Å². The van der Waals surface area contributed by atoms with Gasteiger partial charge in [0.15, 0.2) is 5.79 Å². The molecule has 0 aromatic rings. The molecule has 6 nitrogen and oxygen atoms in total. The van der Waals surface area contributed by atoms with Gasteiger partial charge in [-0.1, -0.05) is 0 Å². The highest BCUT2D eigenvalue weighted by molar-refractivity contribution is 5.88. The van der Waals surface area contributed by atoms with Crippen molar-refractivity contribution in [2.75, 3.05) is 6.61 Å². The third kappa shape index (κ3) is 2.82. The average Bonchev–Trinajstić information content (AvgIpc) is 2.67. The van der Waals surface area contributed by atoms with Crippen molar-refractivity contribution in [3.8, 4) is 0 Å². The summed E-state index contributed by atoms with van der Waals surface area (Å²) in [7, 11) is 0. The summed E-state index contributed by atoms with van der Waals surface area (Å²) in [5, 5.41) is 9.96. The van der Waals surface area contributed by atoms with Crippen molar-refractivity contribution in [3.05, 3.63) is 11.8 Å². The Kier molecular flexibility index (Phi) is 3.12. The van der Waals surface area contributed by atoms with E-state index in [4.69, 9.17) is 18.9 Å². The van der Waals surface area contributed by atoms with Crippen LogP contribution in [0, 0.1) is 0 Å². The summed E-state index contributed by atoms with van der Waals surface area (Å²) in [6.45, 7) is 7.02. The molecule has 2 atom stereocenters. The van der Waals surface area contributed by atoms with E-state index in [1.807, 2.05) is 0 Å². The molecule has 0 aliphatic carbocycles. The van der Waals surface area contributed by atoms with Gasteiger partial charge in [-0.3, -0.25) is 0 Å². The number of ether oxygens (including phenoxy) is 4. The monoisotopic (exact) mass is 258 g/mol. The second-order valence-corrected chi connectivity index (χ2v) is 5.28. The van der Waals surface area contributed by atoms with Crippen LogP contribution in [0.2, 0.25) is 0 Å². The summed E-state index contributed by atoms with van der Waals surface area (Å²) in [5.74, 6) is -2.30. The molecule has 2 aliphatic heterocycles. The van der Waals surface area contributed by atoms with Crippen LogP contribution in [-0.4, -0.2) is 41.5 Å². The average molecular weight is 258 g/mol. The van der Waals surface area contributed by atoms with Crippen LogP contribution in [0.25, 0.3) is 0 Å². The summed E-state index contributed by atoms with van der Waals surface area (Å²) >= 11 is 0. The Balaban J connectivity index is 2.03. The first-order valence-electron chi connectivity index (χ1n) is 5.83. The van der Waals surface area contributed by atoms with Crippen molar-refractivity contribution < 1.29 is 28.8 Å². The van der Waals surface area contributed by atoms with Crippen LogP contribution in [0.15, 0.2) is 11.8 Å². The lowest BCUT2D eigenvalue weighted by Crippen LogP contribution is -2.29. The van der Waals surface area contributed by atoms with Gasteiger partial charge in [0.25, 0.3) is 0 Å². The van der Waals surface area contributed by atoms with Gasteiger partial charge in [-0.2, -0.15) is 0 Å². The fourth-order valence-electron chi connectivity index (χ4n) is 1.85. The Morgan fingerprint density at radius 1 is 1.28 bits per heavy atom. The van der Waals surface area contributed by atoms with E-state index in [2.05, 4.69) is 0 Å². The number of hydrogen-bond acceptors (Lipinski definition) is 6. The van der Waals surface area contributed by atoms with Crippen LogP contribution < -0.4 is 0 Å². The summed E-state index contributed by atoms with van der Waals surface area (Å²) < 4.78 is 21.1. The van der Waals surface area contributed by atoms with Gasteiger partial charge in [0.2, 0.25) is 11.5 Å². The van der Waals surface area contributed by atoms with Crippen molar-refractivity contribution in [1.82, 2.24) is 0 Å². The maximum Gasteiger partial charge on any atom is 0.376 e. The van der Waals surface area contributed by atoms with E-state index in [0.717, 1.165) is 0 Å². The Hall–Kier alpha value is -1.11. The van der Waals surface area contributed by atoms with Gasteiger partial charge in [-0.05, 0) is 19.9 Å². The second kappa shape index (κ2) is 4.22. The maximum atomic E-state index is 11.5. The van der Waals surface area contributed by atoms with Gasteiger partial charge >= 0.3 is 5.97 Å². The fourth-order valence-corrected chi connectivity index (χ4v) is 1.85. The SMILES string of the molecule is CC1(C)OC(=O)/C(=C/C(O)C2COC(C)(C)O2)O1. The number of cyclic esters (lactones) is 1. The molecular weight excluding hydrogens is 240 g/mol. The minimum atomic E-state index is -0.991. The zero-order valence-electron chi connectivity index (χ0n) is 10.9. The van der Waals surface area contributed by atoms with Crippen LogP contribution in [-0.2, 0) is 23.7 Å². The molecule has 0 bridgehead atoms. The number of carbonyl (C=O) groups is 1. The third-order valence-electron chi connectivity index (χ3n) is 2.63. The third-order valence-corrected chi connectivity index (χ3v) is 2.63. The quantitative estimate of drug-likeness (QED) is 0.580. The molecule has 0 aromatic heterocycles. The maximum absolute atomic E-state index is 11.5. The molecule has 6 heteroatoms. The summed E-state index contributed by atoms with van der Waals surface area (Å²) in [6, 6.07) is 0. The summed E-state index contributed by atoms with van der Waals surface area (Å²) in [6.07, 6.45) is -0.206. The van der Waals surface area contributed by atoms with E-state index in [-0.39, 0.29) is 12.4 Å². The summed E-state index contributed by atoms with van der Waals surface area (Å²) in [4.78, 5) is 11.5. The van der Waals surface area contributed by atoms with Crippen molar-refractivity contribution in [2.45, 2.75) is 51.5 Å².